The molecule has 6 nitrogen and oxygen atoms in total. The minimum Gasteiger partial charge on any atom is -0.822 e. The van der Waals surface area contributed by atoms with Gasteiger partial charge < -0.3 is 19.2 Å². The van der Waals surface area contributed by atoms with Crippen LogP contribution in [-0.4, -0.2) is 5.21 Å². The van der Waals surface area contributed by atoms with Gasteiger partial charge in [0.2, 0.25) is 0 Å². The molecule has 4 N–H and O–H groups in total. The SMILES string of the molecule is O=P([O-])([O-])[O-].[NH3+]O. The summed E-state index contributed by atoms with van der Waals surface area (Å²) in [5.74, 6) is 2.25. The van der Waals surface area contributed by atoms with Gasteiger partial charge in [0.15, 0.2) is 0 Å². The van der Waals surface area contributed by atoms with Gasteiger partial charge >= 0.3 is 0 Å². The second-order valence-corrected chi connectivity index (χ2v) is 1.34. The molecule has 0 amide bonds. The third-order valence-electron chi connectivity index (χ3n) is 0. The van der Waals surface area contributed by atoms with Gasteiger partial charge in [-0.05, 0) is 0 Å². The average Bonchev–Trinajstić information content (AvgIpc) is 1.36. The summed E-state index contributed by atoms with van der Waals surface area (Å²) in [6, 6.07) is 0. The smallest absolute Gasteiger partial charge is 0.159 e. The van der Waals surface area contributed by atoms with Crippen LogP contribution < -0.4 is 20.6 Å². The zero-order valence-electron chi connectivity index (χ0n) is 3.23. The van der Waals surface area contributed by atoms with Gasteiger partial charge in [-0.25, -0.2) is 11.1 Å². The van der Waals surface area contributed by atoms with Gasteiger partial charge in [0.05, 0.1) is 0 Å². The Labute approximate surface area is 39.4 Å². The lowest BCUT2D eigenvalue weighted by Gasteiger charge is -2.36. The van der Waals surface area contributed by atoms with E-state index in [0.717, 1.165) is 0 Å². The Morgan fingerprint density at radius 3 is 1.29 bits per heavy atom. The summed E-state index contributed by atoms with van der Waals surface area (Å²) in [5, 5.41) is 6.75. The van der Waals surface area contributed by atoms with Crippen LogP contribution in [-0.2, 0) is 4.57 Å². The van der Waals surface area contributed by atoms with Crippen LogP contribution >= 0.6 is 7.82 Å². The predicted molar refractivity (Wildman–Crippen MR) is 12.3 cm³/mol. The Kier molecular flexibility index (Phi) is 6.06. The lowest BCUT2D eigenvalue weighted by Crippen LogP contribution is -2.42. The molecule has 0 spiro atoms. The molecular formula is H4NO5P-2. The Morgan fingerprint density at radius 1 is 1.29 bits per heavy atom. The largest absolute Gasteiger partial charge is 0.822 e. The third kappa shape index (κ3) is 109000. The van der Waals surface area contributed by atoms with E-state index < -0.39 is 7.82 Å². The van der Waals surface area contributed by atoms with Crippen molar-refractivity contribution in [3.63, 3.8) is 0 Å². The molecule has 0 atom stereocenters. The fourth-order valence-electron chi connectivity index (χ4n) is 0. The molecule has 0 heterocycles. The van der Waals surface area contributed by atoms with Crippen LogP contribution in [0.1, 0.15) is 0 Å². The lowest BCUT2D eigenvalue weighted by molar-refractivity contribution is -0.670. The maximum absolute atomic E-state index is 8.55. The highest BCUT2D eigenvalue weighted by Crippen LogP contribution is 2.03. The zero-order valence-corrected chi connectivity index (χ0v) is 4.13. The summed E-state index contributed by atoms with van der Waals surface area (Å²) in [6.07, 6.45) is 0. The first-order valence-electron chi connectivity index (χ1n) is 1.05. The summed E-state index contributed by atoms with van der Waals surface area (Å²) in [4.78, 5) is 25.6. The van der Waals surface area contributed by atoms with Crippen molar-refractivity contribution < 1.29 is 30.3 Å². The van der Waals surface area contributed by atoms with E-state index in [1.54, 1.807) is 0 Å². The molecule has 7 heavy (non-hydrogen) atoms. The van der Waals surface area contributed by atoms with E-state index >= 15 is 0 Å². The molecule has 0 saturated heterocycles. The second-order valence-electron chi connectivity index (χ2n) is 0.447. The number of quaternary nitrogens is 1. The maximum Gasteiger partial charge on any atom is -0.159 e. The van der Waals surface area contributed by atoms with Crippen LogP contribution in [0.3, 0.4) is 0 Å². The molecule has 0 aromatic rings. The Bertz CT molecular complexity index is 54.2. The molecule has 0 aromatic heterocycles. The summed E-state index contributed by atoms with van der Waals surface area (Å²) >= 11 is 0. The number of hydrogen-bond acceptors (Lipinski definition) is 5. The van der Waals surface area contributed by atoms with Gasteiger partial charge in [-0.1, -0.05) is 0 Å². The van der Waals surface area contributed by atoms with Gasteiger partial charge in [0.25, 0.3) is 0 Å². The normalized spacial score (nSPS) is 9.29. The number of phosphoric acid groups is 1. The van der Waals surface area contributed by atoms with Gasteiger partial charge in [0.1, 0.15) is 0 Å². The minimum absolute atomic E-state index is 2.25. The minimum atomic E-state index is -5.39. The first-order chi connectivity index (χ1) is 3.00. The summed E-state index contributed by atoms with van der Waals surface area (Å²) < 4.78 is 8.55. The molecule has 0 rings (SSSR count). The van der Waals surface area contributed by atoms with Crippen molar-refractivity contribution in [1.82, 2.24) is 0 Å². The molecular weight excluding hydrogens is 125 g/mol. The summed E-state index contributed by atoms with van der Waals surface area (Å²) in [5.41, 5.74) is 0. The lowest BCUT2D eigenvalue weighted by atomic mass is 13.6. The maximum atomic E-state index is 8.55. The Hall–Kier alpha value is 0.0300. The highest BCUT2D eigenvalue weighted by molar-refractivity contribution is 7.40. The zero-order chi connectivity index (χ0) is 6.50. The van der Waals surface area contributed by atoms with E-state index in [2.05, 4.69) is 5.90 Å². The number of rotatable bonds is 0. The van der Waals surface area contributed by atoms with E-state index in [4.69, 9.17) is 24.5 Å². The molecule has 0 bridgehead atoms. The van der Waals surface area contributed by atoms with E-state index in [9.17, 15) is 0 Å². The van der Waals surface area contributed by atoms with Crippen LogP contribution in [0.15, 0.2) is 0 Å². The topological polar surface area (TPSA) is 134 Å². The van der Waals surface area contributed by atoms with Gasteiger partial charge in [0, 0.05) is 0 Å². The van der Waals surface area contributed by atoms with Crippen molar-refractivity contribution >= 4 is 7.82 Å². The summed E-state index contributed by atoms with van der Waals surface area (Å²) in [6.45, 7) is 0. The number of hydrogen-bond donors (Lipinski definition) is 2. The van der Waals surface area contributed by atoms with Gasteiger partial charge in [-0.3, -0.25) is 0 Å². The molecule has 0 fully saturated rings. The van der Waals surface area contributed by atoms with Crippen molar-refractivity contribution in [1.29, 1.82) is 0 Å². The molecule has 0 aromatic carbocycles. The Morgan fingerprint density at radius 2 is 1.29 bits per heavy atom. The highest BCUT2D eigenvalue weighted by Gasteiger charge is 1.44. The third-order valence-corrected chi connectivity index (χ3v) is 0. The van der Waals surface area contributed by atoms with Crippen LogP contribution in [0.4, 0.5) is 0 Å². The first-order valence-corrected chi connectivity index (χ1v) is 2.51. The standard InChI is InChI=1S/H4NO.H3O4P/c1-2;1-5(2,3)4/h2H,1H3;(H3,1,2,3,4)/q+1;/p-3. The van der Waals surface area contributed by atoms with Crippen molar-refractivity contribution in [2.75, 3.05) is 0 Å². The Balaban J connectivity index is 0. The molecule has 7 heteroatoms. The quantitative estimate of drug-likeness (QED) is 0.252. The van der Waals surface area contributed by atoms with E-state index in [1.807, 2.05) is 0 Å². The summed E-state index contributed by atoms with van der Waals surface area (Å²) in [7, 11) is -5.39. The predicted octanol–water partition coefficient (Wildman–Crippen LogP) is -4.21. The highest BCUT2D eigenvalue weighted by atomic mass is 31.2. The monoisotopic (exact) mass is 129 g/mol. The molecule has 0 aliphatic heterocycles. The molecule has 46 valence electrons. The fourth-order valence-corrected chi connectivity index (χ4v) is 0. The van der Waals surface area contributed by atoms with Crippen molar-refractivity contribution in [2.24, 2.45) is 0 Å². The first kappa shape index (κ1) is 10.1. The van der Waals surface area contributed by atoms with Crippen molar-refractivity contribution in [2.45, 2.75) is 0 Å². The van der Waals surface area contributed by atoms with Gasteiger partial charge in [-0.2, -0.15) is 7.82 Å². The molecule has 0 unspecified atom stereocenters. The van der Waals surface area contributed by atoms with Crippen LogP contribution in [0, 0.1) is 0 Å². The molecule has 0 aliphatic rings. The average molecular weight is 129 g/mol. The molecule has 0 aliphatic carbocycles. The van der Waals surface area contributed by atoms with Crippen molar-refractivity contribution in [3.05, 3.63) is 0 Å². The van der Waals surface area contributed by atoms with E-state index in [1.165, 1.54) is 0 Å². The van der Waals surface area contributed by atoms with E-state index in [-0.39, 0.29) is 0 Å². The van der Waals surface area contributed by atoms with E-state index in [0.29, 0.717) is 0 Å². The molecule has 0 saturated carbocycles. The second kappa shape index (κ2) is 4.20. The van der Waals surface area contributed by atoms with Crippen LogP contribution in [0.2, 0.25) is 0 Å². The fraction of sp³-hybridized carbons (Fsp3) is 0. The van der Waals surface area contributed by atoms with Gasteiger partial charge in [-0.15, -0.1) is 0 Å². The van der Waals surface area contributed by atoms with Crippen LogP contribution in [0.5, 0.6) is 0 Å². The van der Waals surface area contributed by atoms with Crippen molar-refractivity contribution in [3.8, 4) is 0 Å². The molecule has 0 radical (unpaired) electrons. The van der Waals surface area contributed by atoms with Crippen LogP contribution in [0.25, 0.3) is 0 Å².